The summed E-state index contributed by atoms with van der Waals surface area (Å²) in [6.07, 6.45) is 6.23. The topological polar surface area (TPSA) is 149 Å². The largest absolute Gasteiger partial charge is 0.482 e. The number of carbonyl (C=O) groups is 4. The van der Waals surface area contributed by atoms with Gasteiger partial charge in [0.25, 0.3) is 11.8 Å². The molecule has 3 saturated carbocycles. The fourth-order valence-corrected chi connectivity index (χ4v) is 5.57. The Hall–Kier alpha value is -4.02. The van der Waals surface area contributed by atoms with Crippen molar-refractivity contribution in [3.05, 3.63) is 41.9 Å². The lowest BCUT2D eigenvalue weighted by atomic mass is 9.53. The van der Waals surface area contributed by atoms with Gasteiger partial charge in [-0.2, -0.15) is 0 Å². The first-order valence-corrected chi connectivity index (χ1v) is 12.3. The number of hydrogen-bond donors (Lipinski definition) is 3. The minimum absolute atomic E-state index is 0.0190. The number of benzene rings is 1. The Kier molecular flexibility index (Phi) is 6.53. The highest BCUT2D eigenvalue weighted by molar-refractivity contribution is 5.97. The number of rotatable bonds is 7. The number of carbonyl (C=O) groups excluding carboxylic acids is 4. The van der Waals surface area contributed by atoms with E-state index in [-0.39, 0.29) is 59.1 Å². The van der Waals surface area contributed by atoms with Crippen molar-refractivity contribution in [2.45, 2.75) is 44.9 Å². The van der Waals surface area contributed by atoms with Crippen LogP contribution in [-0.4, -0.2) is 53.9 Å². The third-order valence-electron chi connectivity index (χ3n) is 7.85. The maximum Gasteiger partial charge on any atom is 0.311 e. The summed E-state index contributed by atoms with van der Waals surface area (Å²) in [7, 11) is 1.44. The predicted octanol–water partition coefficient (Wildman–Crippen LogP) is 2.23. The molecule has 1 aromatic heterocycles. The van der Waals surface area contributed by atoms with Crippen LogP contribution < -0.4 is 20.7 Å². The van der Waals surface area contributed by atoms with E-state index in [1.54, 1.807) is 18.2 Å². The molecular weight excluding hydrogens is 478 g/mol. The van der Waals surface area contributed by atoms with E-state index < -0.39 is 0 Å². The van der Waals surface area contributed by atoms with Gasteiger partial charge in [-0.1, -0.05) is 6.07 Å². The Bertz CT molecular complexity index is 1240. The zero-order chi connectivity index (χ0) is 26.0. The molecule has 0 unspecified atom stereocenters. The fraction of sp³-hybridized carbons (Fsp3) is 0.462. The van der Waals surface area contributed by atoms with Crippen molar-refractivity contribution in [2.75, 3.05) is 30.9 Å². The smallest absolute Gasteiger partial charge is 0.311 e. The Morgan fingerprint density at radius 3 is 2.57 bits per heavy atom. The summed E-state index contributed by atoms with van der Waals surface area (Å²) in [5.41, 5.74) is 0.986. The molecule has 11 nitrogen and oxygen atoms in total. The second-order valence-corrected chi connectivity index (χ2v) is 10.1. The monoisotopic (exact) mass is 507 g/mol. The van der Waals surface area contributed by atoms with Crippen LogP contribution in [0.1, 0.15) is 54.6 Å². The third kappa shape index (κ3) is 5.11. The molecule has 1 aromatic carbocycles. The van der Waals surface area contributed by atoms with Gasteiger partial charge in [0.2, 0.25) is 5.91 Å². The van der Waals surface area contributed by atoms with Gasteiger partial charge >= 0.3 is 5.97 Å². The first kappa shape index (κ1) is 24.7. The number of esters is 1. The maximum absolute atomic E-state index is 12.8. The molecule has 37 heavy (non-hydrogen) atoms. The summed E-state index contributed by atoms with van der Waals surface area (Å²) in [5, 5.41) is 8.40. The molecule has 6 rings (SSSR count). The highest BCUT2D eigenvalue weighted by Crippen LogP contribution is 2.57. The number of aromatic nitrogens is 2. The Balaban J connectivity index is 1.15. The summed E-state index contributed by atoms with van der Waals surface area (Å²) in [5.74, 6) is -0.261. The molecule has 0 radical (unpaired) electrons. The SMILES string of the molecule is COC(=O)C12CCC(CNC(=O)c3cc(NC(=O)Cc4ccc5c(c4)NC(=O)CO5)ncn3)(CC1)CC2. The van der Waals surface area contributed by atoms with E-state index in [0.717, 1.165) is 38.5 Å². The quantitative estimate of drug-likeness (QED) is 0.483. The van der Waals surface area contributed by atoms with E-state index in [9.17, 15) is 19.2 Å². The first-order valence-electron chi connectivity index (χ1n) is 12.3. The normalized spacial score (nSPS) is 23.8. The highest BCUT2D eigenvalue weighted by atomic mass is 16.5. The number of nitrogens with one attached hydrogen (secondary N) is 3. The van der Waals surface area contributed by atoms with Crippen LogP contribution in [0.4, 0.5) is 11.5 Å². The molecule has 0 saturated heterocycles. The third-order valence-corrected chi connectivity index (χ3v) is 7.85. The van der Waals surface area contributed by atoms with E-state index in [1.807, 2.05) is 0 Å². The molecule has 11 heteroatoms. The summed E-state index contributed by atoms with van der Waals surface area (Å²) in [6, 6.07) is 6.59. The van der Waals surface area contributed by atoms with Gasteiger partial charge < -0.3 is 25.4 Å². The molecule has 4 aliphatic rings. The summed E-state index contributed by atoms with van der Waals surface area (Å²) >= 11 is 0. The molecule has 3 fully saturated rings. The number of anilines is 2. The van der Waals surface area contributed by atoms with Crippen molar-refractivity contribution in [3.63, 3.8) is 0 Å². The zero-order valence-corrected chi connectivity index (χ0v) is 20.6. The molecule has 3 N–H and O–H groups in total. The number of nitrogens with zero attached hydrogens (tertiary/aromatic N) is 2. The van der Waals surface area contributed by atoms with Crippen molar-refractivity contribution in [1.82, 2.24) is 15.3 Å². The van der Waals surface area contributed by atoms with Crippen LogP contribution in [0.2, 0.25) is 0 Å². The van der Waals surface area contributed by atoms with E-state index >= 15 is 0 Å². The van der Waals surface area contributed by atoms with Crippen LogP contribution in [0.5, 0.6) is 5.75 Å². The van der Waals surface area contributed by atoms with Crippen LogP contribution in [0.25, 0.3) is 0 Å². The maximum atomic E-state index is 12.8. The van der Waals surface area contributed by atoms with Crippen LogP contribution in [0, 0.1) is 10.8 Å². The second-order valence-electron chi connectivity index (χ2n) is 10.1. The van der Waals surface area contributed by atoms with Gasteiger partial charge in [0.1, 0.15) is 23.6 Å². The molecule has 2 aromatic rings. The molecule has 1 aliphatic heterocycles. The number of fused-ring (bicyclic) bond motifs is 4. The minimum atomic E-state index is -0.360. The van der Waals surface area contributed by atoms with Gasteiger partial charge in [0.15, 0.2) is 6.61 Å². The van der Waals surface area contributed by atoms with Crippen molar-refractivity contribution < 1.29 is 28.7 Å². The first-order chi connectivity index (χ1) is 17.8. The van der Waals surface area contributed by atoms with E-state index in [2.05, 4.69) is 25.9 Å². The lowest BCUT2D eigenvalue weighted by molar-refractivity contribution is -0.162. The minimum Gasteiger partial charge on any atom is -0.482 e. The predicted molar refractivity (Wildman–Crippen MR) is 132 cm³/mol. The van der Waals surface area contributed by atoms with E-state index in [0.29, 0.717) is 23.5 Å². The van der Waals surface area contributed by atoms with Gasteiger partial charge in [0.05, 0.1) is 24.6 Å². The average molecular weight is 508 g/mol. The van der Waals surface area contributed by atoms with Crippen LogP contribution >= 0.6 is 0 Å². The molecule has 194 valence electrons. The van der Waals surface area contributed by atoms with Gasteiger partial charge in [0, 0.05) is 12.6 Å². The lowest BCUT2D eigenvalue weighted by Gasteiger charge is -2.51. The Labute approximate surface area is 213 Å². The van der Waals surface area contributed by atoms with Crippen molar-refractivity contribution in [2.24, 2.45) is 10.8 Å². The molecule has 0 atom stereocenters. The number of ether oxygens (including phenoxy) is 2. The number of methoxy groups -OCH3 is 1. The molecule has 2 bridgehead atoms. The fourth-order valence-electron chi connectivity index (χ4n) is 5.57. The van der Waals surface area contributed by atoms with Gasteiger partial charge in [-0.25, -0.2) is 9.97 Å². The van der Waals surface area contributed by atoms with Crippen molar-refractivity contribution in [1.29, 1.82) is 0 Å². The summed E-state index contributed by atoms with van der Waals surface area (Å²) in [4.78, 5) is 57.3. The van der Waals surface area contributed by atoms with E-state index in [1.165, 1.54) is 19.5 Å². The van der Waals surface area contributed by atoms with Crippen molar-refractivity contribution >= 4 is 35.2 Å². The highest BCUT2D eigenvalue weighted by Gasteiger charge is 2.53. The van der Waals surface area contributed by atoms with Crippen molar-refractivity contribution in [3.8, 4) is 5.75 Å². The van der Waals surface area contributed by atoms with Gasteiger partial charge in [-0.15, -0.1) is 0 Å². The molecule has 3 aliphatic carbocycles. The zero-order valence-electron chi connectivity index (χ0n) is 20.6. The molecule has 2 heterocycles. The standard InChI is InChI=1S/C26H29N5O6/c1-36-24(35)26-7-4-25(5-8-26,6-9-26)14-27-23(34)18-12-20(29-15-28-18)31-21(32)11-16-2-3-19-17(10-16)30-22(33)13-37-19/h2-3,10,12,15H,4-9,11,13-14H2,1H3,(H,27,34)(H,30,33)(H,28,29,31,32). The number of hydrogen-bond acceptors (Lipinski definition) is 8. The van der Waals surface area contributed by atoms with Crippen LogP contribution in [-0.2, 0) is 25.5 Å². The Morgan fingerprint density at radius 2 is 1.84 bits per heavy atom. The van der Waals surface area contributed by atoms with Gasteiger partial charge in [-0.3, -0.25) is 19.2 Å². The Morgan fingerprint density at radius 1 is 1.08 bits per heavy atom. The van der Waals surface area contributed by atoms with E-state index in [4.69, 9.17) is 9.47 Å². The second kappa shape index (κ2) is 9.79. The molecule has 0 spiro atoms. The number of amides is 3. The lowest BCUT2D eigenvalue weighted by Crippen LogP contribution is -2.50. The molecule has 3 amide bonds. The molecular formula is C26H29N5O6. The van der Waals surface area contributed by atoms with Gasteiger partial charge in [-0.05, 0) is 61.6 Å². The van der Waals surface area contributed by atoms with Crippen LogP contribution in [0.15, 0.2) is 30.6 Å². The van der Waals surface area contributed by atoms with Crippen LogP contribution in [0.3, 0.4) is 0 Å². The average Bonchev–Trinajstić information content (AvgIpc) is 2.92. The summed E-state index contributed by atoms with van der Waals surface area (Å²) in [6.45, 7) is 0.473. The summed E-state index contributed by atoms with van der Waals surface area (Å²) < 4.78 is 10.4.